The van der Waals surface area contributed by atoms with E-state index in [2.05, 4.69) is 5.32 Å². The molecule has 0 aliphatic heterocycles. The Morgan fingerprint density at radius 2 is 2.05 bits per heavy atom. The highest BCUT2D eigenvalue weighted by Crippen LogP contribution is 2.37. The zero-order chi connectivity index (χ0) is 13.9. The standard InChI is InChI=1S/C14H18FNO3/c15-10-3-4-12(18)11(7-10)13(19)16-8-14(9-17)5-1-2-6-14/h3-4,7,17-18H,1-2,5-6,8-9H2,(H,16,19). The molecule has 1 amide bonds. The topological polar surface area (TPSA) is 69.6 Å². The fourth-order valence-corrected chi connectivity index (χ4v) is 2.57. The highest BCUT2D eigenvalue weighted by molar-refractivity contribution is 5.96. The van der Waals surface area contributed by atoms with Crippen molar-refractivity contribution in [1.82, 2.24) is 5.32 Å². The Hall–Kier alpha value is -1.62. The van der Waals surface area contributed by atoms with Gasteiger partial charge in [-0.3, -0.25) is 4.79 Å². The predicted octanol–water partition coefficient (Wildman–Crippen LogP) is 1.81. The average Bonchev–Trinajstić information content (AvgIpc) is 2.88. The summed E-state index contributed by atoms with van der Waals surface area (Å²) < 4.78 is 13.1. The number of rotatable bonds is 4. The molecule has 19 heavy (non-hydrogen) atoms. The molecular formula is C14H18FNO3. The predicted molar refractivity (Wildman–Crippen MR) is 68.4 cm³/mol. The van der Waals surface area contributed by atoms with E-state index in [0.29, 0.717) is 6.54 Å². The fourth-order valence-electron chi connectivity index (χ4n) is 2.57. The molecule has 0 unspecified atom stereocenters. The van der Waals surface area contributed by atoms with Gasteiger partial charge in [-0.25, -0.2) is 4.39 Å². The number of amides is 1. The van der Waals surface area contributed by atoms with Crippen molar-refractivity contribution in [2.75, 3.05) is 13.2 Å². The van der Waals surface area contributed by atoms with Gasteiger partial charge < -0.3 is 15.5 Å². The molecule has 4 nitrogen and oxygen atoms in total. The fraction of sp³-hybridized carbons (Fsp3) is 0.500. The zero-order valence-corrected chi connectivity index (χ0v) is 10.7. The lowest BCUT2D eigenvalue weighted by Crippen LogP contribution is -2.38. The molecule has 1 aromatic rings. The average molecular weight is 267 g/mol. The van der Waals surface area contributed by atoms with Gasteiger partial charge in [0.2, 0.25) is 0 Å². The molecule has 0 radical (unpaired) electrons. The maximum absolute atomic E-state index is 13.1. The Balaban J connectivity index is 2.03. The number of aliphatic hydroxyl groups excluding tert-OH is 1. The van der Waals surface area contributed by atoms with E-state index in [-0.39, 0.29) is 23.3 Å². The molecule has 0 saturated heterocycles. The van der Waals surface area contributed by atoms with Crippen molar-refractivity contribution in [1.29, 1.82) is 0 Å². The third kappa shape index (κ3) is 3.04. The van der Waals surface area contributed by atoms with Crippen molar-refractivity contribution in [3.05, 3.63) is 29.6 Å². The van der Waals surface area contributed by atoms with Crippen LogP contribution in [-0.2, 0) is 0 Å². The number of nitrogens with one attached hydrogen (secondary N) is 1. The van der Waals surface area contributed by atoms with Crippen LogP contribution in [-0.4, -0.2) is 29.3 Å². The Bertz CT molecular complexity index is 470. The summed E-state index contributed by atoms with van der Waals surface area (Å²) in [6.45, 7) is 0.376. The van der Waals surface area contributed by atoms with E-state index in [0.717, 1.165) is 43.9 Å². The van der Waals surface area contributed by atoms with Crippen molar-refractivity contribution >= 4 is 5.91 Å². The molecular weight excluding hydrogens is 249 g/mol. The number of phenolic OH excluding ortho intramolecular Hbond substituents is 1. The van der Waals surface area contributed by atoms with Crippen LogP contribution in [0.15, 0.2) is 18.2 Å². The van der Waals surface area contributed by atoms with Gasteiger partial charge in [-0.15, -0.1) is 0 Å². The van der Waals surface area contributed by atoms with Crippen LogP contribution in [0.3, 0.4) is 0 Å². The van der Waals surface area contributed by atoms with Gasteiger partial charge in [0, 0.05) is 12.0 Å². The van der Waals surface area contributed by atoms with Crippen LogP contribution < -0.4 is 5.32 Å². The van der Waals surface area contributed by atoms with E-state index in [1.54, 1.807) is 0 Å². The quantitative estimate of drug-likeness (QED) is 0.779. The minimum atomic E-state index is -0.569. The first-order chi connectivity index (χ1) is 9.06. The maximum atomic E-state index is 13.1. The second kappa shape index (κ2) is 5.57. The zero-order valence-electron chi connectivity index (χ0n) is 10.7. The molecule has 1 aliphatic carbocycles. The third-order valence-corrected chi connectivity index (χ3v) is 3.83. The van der Waals surface area contributed by atoms with Crippen LogP contribution in [0, 0.1) is 11.2 Å². The number of aromatic hydroxyl groups is 1. The SMILES string of the molecule is O=C(NCC1(CO)CCCC1)c1cc(F)ccc1O. The van der Waals surface area contributed by atoms with Gasteiger partial charge in [-0.05, 0) is 31.0 Å². The Kier molecular flexibility index (Phi) is 4.04. The summed E-state index contributed by atoms with van der Waals surface area (Å²) in [5, 5.41) is 21.7. The van der Waals surface area contributed by atoms with Crippen molar-refractivity contribution in [2.24, 2.45) is 5.41 Å². The molecule has 5 heteroatoms. The second-order valence-corrected chi connectivity index (χ2v) is 5.21. The van der Waals surface area contributed by atoms with Gasteiger partial charge in [-0.1, -0.05) is 12.8 Å². The summed E-state index contributed by atoms with van der Waals surface area (Å²) in [5.41, 5.74) is -0.343. The molecule has 0 heterocycles. The van der Waals surface area contributed by atoms with Crippen molar-refractivity contribution < 1.29 is 19.4 Å². The molecule has 1 aliphatic rings. The summed E-state index contributed by atoms with van der Waals surface area (Å²) in [5.74, 6) is -1.33. The van der Waals surface area contributed by atoms with Crippen LogP contribution in [0.4, 0.5) is 4.39 Å². The monoisotopic (exact) mass is 267 g/mol. The first kappa shape index (κ1) is 13.8. The van der Waals surface area contributed by atoms with Crippen LogP contribution in [0.5, 0.6) is 5.75 Å². The van der Waals surface area contributed by atoms with Crippen molar-refractivity contribution in [3.63, 3.8) is 0 Å². The summed E-state index contributed by atoms with van der Waals surface area (Å²) in [4.78, 5) is 11.9. The van der Waals surface area contributed by atoms with E-state index >= 15 is 0 Å². The number of phenols is 1. The highest BCUT2D eigenvalue weighted by Gasteiger charge is 2.33. The van der Waals surface area contributed by atoms with E-state index in [1.165, 1.54) is 0 Å². The van der Waals surface area contributed by atoms with E-state index in [9.17, 15) is 19.4 Å². The molecule has 0 aromatic heterocycles. The number of carbonyl (C=O) groups is 1. The smallest absolute Gasteiger partial charge is 0.255 e. The first-order valence-corrected chi connectivity index (χ1v) is 6.44. The molecule has 2 rings (SSSR count). The number of halogens is 1. The van der Waals surface area contributed by atoms with Gasteiger partial charge in [0.05, 0.1) is 12.2 Å². The van der Waals surface area contributed by atoms with E-state index in [1.807, 2.05) is 0 Å². The minimum Gasteiger partial charge on any atom is -0.507 e. The number of hydrogen-bond acceptors (Lipinski definition) is 3. The molecule has 0 spiro atoms. The van der Waals surface area contributed by atoms with Crippen LogP contribution >= 0.6 is 0 Å². The van der Waals surface area contributed by atoms with Gasteiger partial charge in [0.15, 0.2) is 0 Å². The third-order valence-electron chi connectivity index (χ3n) is 3.83. The Morgan fingerprint density at radius 3 is 2.68 bits per heavy atom. The lowest BCUT2D eigenvalue weighted by atomic mass is 9.87. The lowest BCUT2D eigenvalue weighted by Gasteiger charge is -2.26. The van der Waals surface area contributed by atoms with E-state index < -0.39 is 11.7 Å². The van der Waals surface area contributed by atoms with Gasteiger partial charge in [0.25, 0.3) is 5.91 Å². The number of hydrogen-bond donors (Lipinski definition) is 3. The van der Waals surface area contributed by atoms with Crippen LogP contribution in [0.2, 0.25) is 0 Å². The summed E-state index contributed by atoms with van der Waals surface area (Å²) in [6, 6.07) is 3.25. The normalized spacial score (nSPS) is 17.4. The van der Waals surface area contributed by atoms with Gasteiger partial charge in [0.1, 0.15) is 11.6 Å². The summed E-state index contributed by atoms with van der Waals surface area (Å²) in [7, 11) is 0. The highest BCUT2D eigenvalue weighted by atomic mass is 19.1. The second-order valence-electron chi connectivity index (χ2n) is 5.21. The molecule has 104 valence electrons. The van der Waals surface area contributed by atoms with Crippen molar-refractivity contribution in [2.45, 2.75) is 25.7 Å². The first-order valence-electron chi connectivity index (χ1n) is 6.44. The van der Waals surface area contributed by atoms with Gasteiger partial charge in [-0.2, -0.15) is 0 Å². The van der Waals surface area contributed by atoms with Crippen LogP contribution in [0.1, 0.15) is 36.0 Å². The molecule has 1 fully saturated rings. The van der Waals surface area contributed by atoms with Crippen molar-refractivity contribution in [3.8, 4) is 5.75 Å². The largest absolute Gasteiger partial charge is 0.507 e. The number of carbonyl (C=O) groups excluding carboxylic acids is 1. The Morgan fingerprint density at radius 1 is 1.37 bits per heavy atom. The molecule has 1 aromatic carbocycles. The van der Waals surface area contributed by atoms with E-state index in [4.69, 9.17) is 0 Å². The van der Waals surface area contributed by atoms with Crippen LogP contribution in [0.25, 0.3) is 0 Å². The molecule has 0 atom stereocenters. The lowest BCUT2D eigenvalue weighted by molar-refractivity contribution is 0.0878. The summed E-state index contributed by atoms with van der Waals surface area (Å²) in [6.07, 6.45) is 3.83. The number of benzene rings is 1. The summed E-state index contributed by atoms with van der Waals surface area (Å²) >= 11 is 0. The number of aliphatic hydroxyl groups is 1. The molecule has 3 N–H and O–H groups in total. The Labute approximate surface area is 111 Å². The molecule has 0 bridgehead atoms. The maximum Gasteiger partial charge on any atom is 0.255 e. The van der Waals surface area contributed by atoms with Gasteiger partial charge >= 0.3 is 0 Å². The molecule has 1 saturated carbocycles. The minimum absolute atomic E-state index is 0.0302.